The topological polar surface area (TPSA) is 78.5 Å². The summed E-state index contributed by atoms with van der Waals surface area (Å²) in [6.45, 7) is 1.86. The maximum atomic E-state index is 12.6. The van der Waals surface area contributed by atoms with Crippen molar-refractivity contribution in [2.75, 3.05) is 0 Å². The number of benzene rings is 2. The third-order valence-corrected chi connectivity index (χ3v) is 4.29. The first-order chi connectivity index (χ1) is 15.2. The molecule has 5 aromatic rings. The van der Waals surface area contributed by atoms with Crippen LogP contribution in [-0.4, -0.2) is 25.0 Å². The summed E-state index contributed by atoms with van der Waals surface area (Å²) < 4.78 is 12.6. The minimum atomic E-state index is -0.296. The second kappa shape index (κ2) is 11.1. The zero-order chi connectivity index (χ0) is 21.5. The minimum Gasteiger partial charge on any atom is -0.417 e. The SMILES string of the molecule is Cc1nccnc1-c1[c-]cc(F)cc1.[Ir].c1ccc(-c2n[n-]c(-c3ccccn3)n2)cc1. The van der Waals surface area contributed by atoms with Crippen molar-refractivity contribution in [3.63, 3.8) is 0 Å². The van der Waals surface area contributed by atoms with Crippen LogP contribution in [0.1, 0.15) is 5.69 Å². The Morgan fingerprint density at radius 2 is 1.62 bits per heavy atom. The second-order valence-electron chi connectivity index (χ2n) is 6.45. The van der Waals surface area contributed by atoms with Gasteiger partial charge in [-0.1, -0.05) is 36.4 Å². The monoisotopic (exact) mass is 601 g/mol. The smallest absolute Gasteiger partial charge is 0.0634 e. The second-order valence-corrected chi connectivity index (χ2v) is 6.45. The third kappa shape index (κ3) is 5.75. The molecule has 0 saturated carbocycles. The van der Waals surface area contributed by atoms with E-state index >= 15 is 0 Å². The molecular formula is C24H17FIrN6-2. The van der Waals surface area contributed by atoms with E-state index < -0.39 is 0 Å². The number of pyridine rings is 1. The largest absolute Gasteiger partial charge is 0.417 e. The van der Waals surface area contributed by atoms with Gasteiger partial charge in [0.1, 0.15) is 0 Å². The predicted octanol–water partition coefficient (Wildman–Crippen LogP) is 4.55. The van der Waals surface area contributed by atoms with Gasteiger partial charge in [0.15, 0.2) is 0 Å². The van der Waals surface area contributed by atoms with Crippen LogP contribution >= 0.6 is 0 Å². The van der Waals surface area contributed by atoms with Crippen LogP contribution in [0, 0.1) is 18.8 Å². The van der Waals surface area contributed by atoms with Crippen molar-refractivity contribution in [1.29, 1.82) is 0 Å². The molecule has 3 heterocycles. The Bertz CT molecular complexity index is 1190. The Kier molecular flexibility index (Phi) is 8.02. The molecule has 0 saturated heterocycles. The van der Waals surface area contributed by atoms with Crippen molar-refractivity contribution < 1.29 is 24.5 Å². The van der Waals surface area contributed by atoms with Crippen LogP contribution < -0.4 is 5.10 Å². The van der Waals surface area contributed by atoms with Crippen molar-refractivity contribution in [2.45, 2.75) is 6.92 Å². The van der Waals surface area contributed by atoms with Crippen molar-refractivity contribution in [2.24, 2.45) is 0 Å². The van der Waals surface area contributed by atoms with E-state index in [0.29, 0.717) is 11.6 Å². The van der Waals surface area contributed by atoms with E-state index in [2.05, 4.69) is 36.2 Å². The van der Waals surface area contributed by atoms with Crippen molar-refractivity contribution in [3.05, 3.63) is 103 Å². The molecule has 6 nitrogen and oxygen atoms in total. The van der Waals surface area contributed by atoms with Crippen molar-refractivity contribution in [3.8, 4) is 34.2 Å². The van der Waals surface area contributed by atoms with Crippen LogP contribution in [0.4, 0.5) is 4.39 Å². The van der Waals surface area contributed by atoms with Crippen LogP contribution in [0.15, 0.2) is 85.3 Å². The van der Waals surface area contributed by atoms with E-state index in [0.717, 1.165) is 28.2 Å². The quantitative estimate of drug-likeness (QED) is 0.283. The first kappa shape index (κ1) is 23.1. The molecule has 8 heteroatoms. The minimum absolute atomic E-state index is 0. The molecule has 0 amide bonds. The molecule has 1 radical (unpaired) electrons. The first-order valence-electron chi connectivity index (χ1n) is 9.50. The van der Waals surface area contributed by atoms with E-state index in [4.69, 9.17) is 0 Å². The van der Waals surface area contributed by atoms with E-state index in [9.17, 15) is 4.39 Å². The van der Waals surface area contributed by atoms with Gasteiger partial charge in [0.2, 0.25) is 0 Å². The summed E-state index contributed by atoms with van der Waals surface area (Å²) in [5.74, 6) is 0.894. The van der Waals surface area contributed by atoms with Gasteiger partial charge in [-0.25, -0.2) is 0 Å². The molecule has 0 aliphatic rings. The number of hydrogen-bond donors (Lipinski definition) is 0. The predicted molar refractivity (Wildman–Crippen MR) is 115 cm³/mol. The summed E-state index contributed by atoms with van der Waals surface area (Å²) >= 11 is 0. The summed E-state index contributed by atoms with van der Waals surface area (Å²) in [6, 6.07) is 22.5. The number of hydrogen-bond acceptors (Lipinski definition) is 5. The van der Waals surface area contributed by atoms with Gasteiger partial charge in [0.25, 0.3) is 0 Å². The van der Waals surface area contributed by atoms with Crippen LogP contribution in [0.3, 0.4) is 0 Å². The average molecular weight is 601 g/mol. The maximum absolute atomic E-state index is 12.6. The molecule has 2 aromatic carbocycles. The number of aryl methyl sites for hydroxylation is 1. The zero-order valence-corrected chi connectivity index (χ0v) is 19.4. The van der Waals surface area contributed by atoms with E-state index in [1.807, 2.05) is 55.5 Å². The molecule has 32 heavy (non-hydrogen) atoms. The van der Waals surface area contributed by atoms with E-state index in [1.54, 1.807) is 24.7 Å². The molecule has 0 fully saturated rings. The summed E-state index contributed by atoms with van der Waals surface area (Å²) in [5.41, 5.74) is 4.02. The summed E-state index contributed by atoms with van der Waals surface area (Å²) in [4.78, 5) is 16.8. The Morgan fingerprint density at radius 3 is 2.31 bits per heavy atom. The number of aromatic nitrogens is 6. The summed E-state index contributed by atoms with van der Waals surface area (Å²) in [5, 5.41) is 8.10. The average Bonchev–Trinajstić information content (AvgIpc) is 3.32. The molecule has 0 aliphatic carbocycles. The fourth-order valence-electron chi connectivity index (χ4n) is 2.78. The number of rotatable bonds is 3. The van der Waals surface area contributed by atoms with Crippen LogP contribution in [0.5, 0.6) is 0 Å². The summed E-state index contributed by atoms with van der Waals surface area (Å²) in [6.07, 6.45) is 4.95. The third-order valence-electron chi connectivity index (χ3n) is 4.29. The maximum Gasteiger partial charge on any atom is 0.0634 e. The number of nitrogens with zero attached hydrogens (tertiary/aromatic N) is 6. The molecule has 0 bridgehead atoms. The molecule has 0 aliphatic heterocycles. The fraction of sp³-hybridized carbons (Fsp3) is 0.0417. The van der Waals surface area contributed by atoms with Gasteiger partial charge in [0, 0.05) is 55.9 Å². The first-order valence-corrected chi connectivity index (χ1v) is 9.50. The van der Waals surface area contributed by atoms with Gasteiger partial charge < -0.3 is 15.1 Å². The van der Waals surface area contributed by atoms with Crippen molar-refractivity contribution in [1.82, 2.24) is 30.1 Å². The normalized spacial score (nSPS) is 9.94. The van der Waals surface area contributed by atoms with Gasteiger partial charge in [-0.3, -0.25) is 19.5 Å². The molecule has 0 spiro atoms. The Labute approximate surface area is 198 Å². The van der Waals surface area contributed by atoms with Gasteiger partial charge in [-0.15, -0.1) is 29.8 Å². The Balaban J connectivity index is 0.000000178. The van der Waals surface area contributed by atoms with Gasteiger partial charge in [-0.2, -0.15) is 0 Å². The van der Waals surface area contributed by atoms with Crippen molar-refractivity contribution >= 4 is 0 Å². The number of halogens is 1. The fourth-order valence-corrected chi connectivity index (χ4v) is 2.78. The van der Waals surface area contributed by atoms with Crippen LogP contribution in [-0.2, 0) is 20.1 Å². The standard InChI is InChI=1S/C13H9N4.C11H8FN2.Ir/c1-2-6-10(7-3-1)12-15-13(17-16-12)11-8-4-5-9-14-11;1-8-11(14-7-6-13-8)9-2-4-10(12)5-3-9;/h1-9H;2,4-7H,1H3;/q2*-1;. The van der Waals surface area contributed by atoms with E-state index in [1.165, 1.54) is 12.1 Å². The molecule has 161 valence electrons. The molecule has 0 unspecified atom stereocenters. The van der Waals surface area contributed by atoms with Gasteiger partial charge in [0.05, 0.1) is 11.5 Å². The summed E-state index contributed by atoms with van der Waals surface area (Å²) in [7, 11) is 0. The van der Waals surface area contributed by atoms with Crippen LogP contribution in [0.25, 0.3) is 34.2 Å². The molecular weight excluding hydrogens is 584 g/mol. The molecule has 0 N–H and O–H groups in total. The van der Waals surface area contributed by atoms with Crippen LogP contribution in [0.2, 0.25) is 0 Å². The Hall–Kier alpha value is -3.61. The molecule has 5 rings (SSSR count). The van der Waals surface area contributed by atoms with E-state index in [-0.39, 0.29) is 25.9 Å². The van der Waals surface area contributed by atoms with Gasteiger partial charge in [-0.05, 0) is 30.4 Å². The molecule has 0 atom stereocenters. The van der Waals surface area contributed by atoms with Gasteiger partial charge >= 0.3 is 0 Å². The molecule has 3 aromatic heterocycles. The Morgan fingerprint density at radius 1 is 0.844 bits per heavy atom. The zero-order valence-electron chi connectivity index (χ0n) is 17.0.